The maximum atomic E-state index is 12.6. The lowest BCUT2D eigenvalue weighted by molar-refractivity contribution is -0.155. The molecule has 0 unspecified atom stereocenters. The van der Waals surface area contributed by atoms with Crippen molar-refractivity contribution < 1.29 is 77.0 Å². The predicted octanol–water partition coefficient (Wildman–Crippen LogP) is 8.28. The maximum Gasteiger partial charge on any atom is 0.407 e. The van der Waals surface area contributed by atoms with Gasteiger partial charge in [0.1, 0.15) is 37.5 Å². The van der Waals surface area contributed by atoms with E-state index in [2.05, 4.69) is 26.6 Å². The van der Waals surface area contributed by atoms with E-state index < -0.39 is 35.7 Å². The van der Waals surface area contributed by atoms with Crippen LogP contribution in [0.4, 0.5) is 4.79 Å². The average molecular weight is 1170 g/mol. The Kier molecular flexibility index (Phi) is 37.2. The van der Waals surface area contributed by atoms with E-state index in [1.807, 2.05) is 69.3 Å². The average Bonchev–Trinajstić information content (AvgIpc) is 2.97. The summed E-state index contributed by atoms with van der Waals surface area (Å²) in [5.74, 6) is -4.00. The molecule has 0 heterocycles. The van der Waals surface area contributed by atoms with Gasteiger partial charge in [-0.25, -0.2) is 14.4 Å². The third-order valence-electron chi connectivity index (χ3n) is 13.8. The SMILES string of the molecule is CC(C)(C)OC(=O)CCCCCCCCCCCCCCCCCCC(=O)N[C@@H](CCC(=O)NCCOCCOCC(=O)NCCOCCOCC(=O)NCCCC[C@H](NC(=O)OCC1c2ccccc2-c2ccccc21)C(=O)O)C(=O)O. The molecular weight excluding hydrogens is 1070 g/mol. The molecule has 0 fully saturated rings. The fourth-order valence-electron chi connectivity index (χ4n) is 9.45. The normalized spacial score (nSPS) is 12.6. The van der Waals surface area contributed by atoms with Gasteiger partial charge in [0, 0.05) is 44.8 Å². The second-order valence-electron chi connectivity index (χ2n) is 22.0. The van der Waals surface area contributed by atoms with Crippen LogP contribution in [-0.2, 0) is 62.0 Å². The maximum absolute atomic E-state index is 12.6. The molecule has 5 amide bonds. The first-order chi connectivity index (χ1) is 40.0. The summed E-state index contributed by atoms with van der Waals surface area (Å²) in [4.78, 5) is 97.0. The van der Waals surface area contributed by atoms with Crippen molar-refractivity contribution in [3.8, 4) is 11.1 Å². The highest BCUT2D eigenvalue weighted by Gasteiger charge is 2.30. The third-order valence-corrected chi connectivity index (χ3v) is 13.8. The van der Waals surface area contributed by atoms with Crippen molar-refractivity contribution in [2.24, 2.45) is 0 Å². The summed E-state index contributed by atoms with van der Waals surface area (Å²) < 4.78 is 32.3. The monoisotopic (exact) mass is 1170 g/mol. The minimum atomic E-state index is -1.19. The Hall–Kier alpha value is -6.16. The van der Waals surface area contributed by atoms with Crippen LogP contribution in [0.5, 0.6) is 0 Å². The second kappa shape index (κ2) is 43.5. The van der Waals surface area contributed by atoms with Gasteiger partial charge in [-0.15, -0.1) is 0 Å². The van der Waals surface area contributed by atoms with E-state index in [0.717, 1.165) is 54.4 Å². The lowest BCUT2D eigenvalue weighted by Crippen LogP contribution is -2.41. The molecule has 0 saturated heterocycles. The number of fused-ring (bicyclic) bond motifs is 3. The summed E-state index contributed by atoms with van der Waals surface area (Å²) in [6, 6.07) is 13.6. The van der Waals surface area contributed by atoms with Crippen LogP contribution in [0.15, 0.2) is 48.5 Å². The van der Waals surface area contributed by atoms with Crippen LogP contribution in [0.25, 0.3) is 11.1 Å². The number of carboxylic acid groups (broad SMARTS) is 2. The Balaban J connectivity index is 1.03. The molecule has 0 aliphatic heterocycles. The van der Waals surface area contributed by atoms with E-state index in [0.29, 0.717) is 32.2 Å². The van der Waals surface area contributed by atoms with Gasteiger partial charge >= 0.3 is 24.0 Å². The number of rotatable bonds is 49. The first-order valence-electron chi connectivity index (χ1n) is 30.2. The zero-order valence-corrected chi connectivity index (χ0v) is 49.7. The van der Waals surface area contributed by atoms with E-state index in [9.17, 15) is 48.6 Å². The molecule has 0 bridgehead atoms. The van der Waals surface area contributed by atoms with Gasteiger partial charge in [0.2, 0.25) is 23.6 Å². The van der Waals surface area contributed by atoms with E-state index in [4.69, 9.17) is 28.4 Å². The number of esters is 1. The number of alkyl carbamates (subject to hydrolysis) is 1. The molecule has 1 aliphatic rings. The fraction of sp³-hybridized carbons (Fsp3) is 0.677. The number of hydrogen-bond acceptors (Lipinski definition) is 14. The Labute approximate surface area is 491 Å². The highest BCUT2D eigenvalue weighted by molar-refractivity contribution is 5.85. The van der Waals surface area contributed by atoms with Crippen molar-refractivity contribution in [3.63, 3.8) is 0 Å². The fourth-order valence-corrected chi connectivity index (χ4v) is 9.45. The van der Waals surface area contributed by atoms with Crippen LogP contribution in [0.2, 0.25) is 0 Å². The number of unbranched alkanes of at least 4 members (excludes halogenated alkanes) is 16. The van der Waals surface area contributed by atoms with Crippen LogP contribution >= 0.6 is 0 Å². The van der Waals surface area contributed by atoms with E-state index in [1.54, 1.807) is 0 Å². The first-order valence-corrected chi connectivity index (χ1v) is 30.2. The van der Waals surface area contributed by atoms with Crippen LogP contribution in [-0.4, -0.2) is 155 Å². The molecule has 21 nitrogen and oxygen atoms in total. The lowest BCUT2D eigenvalue weighted by Gasteiger charge is -2.19. The van der Waals surface area contributed by atoms with Crippen molar-refractivity contribution in [1.82, 2.24) is 26.6 Å². The minimum Gasteiger partial charge on any atom is -0.480 e. The Morgan fingerprint density at radius 3 is 1.39 bits per heavy atom. The molecule has 2 aromatic rings. The van der Waals surface area contributed by atoms with Gasteiger partial charge < -0.3 is 65.2 Å². The molecular formula is C62H97N5O16. The van der Waals surface area contributed by atoms with Gasteiger partial charge in [0.05, 0.1) is 39.6 Å². The number of carbonyl (C=O) groups excluding carboxylic acids is 6. The number of carboxylic acids is 2. The first kappa shape index (κ1) is 71.1. The minimum absolute atomic E-state index is 0.0363. The summed E-state index contributed by atoms with van der Waals surface area (Å²) in [6.07, 6.45) is 19.0. The van der Waals surface area contributed by atoms with Crippen LogP contribution < -0.4 is 26.6 Å². The topological polar surface area (TPSA) is 293 Å². The molecule has 21 heteroatoms. The van der Waals surface area contributed by atoms with Gasteiger partial charge in [-0.1, -0.05) is 138 Å². The Morgan fingerprint density at radius 1 is 0.458 bits per heavy atom. The Morgan fingerprint density at radius 2 is 0.892 bits per heavy atom. The molecule has 0 saturated carbocycles. The van der Waals surface area contributed by atoms with Crippen LogP contribution in [0, 0.1) is 0 Å². The van der Waals surface area contributed by atoms with E-state index in [1.165, 1.54) is 64.2 Å². The van der Waals surface area contributed by atoms with Gasteiger partial charge in [-0.2, -0.15) is 0 Å². The molecule has 2 aromatic carbocycles. The number of amides is 5. The molecule has 1 aliphatic carbocycles. The number of nitrogens with one attached hydrogen (secondary N) is 5. The summed E-state index contributed by atoms with van der Waals surface area (Å²) >= 11 is 0. The zero-order chi connectivity index (χ0) is 60.3. The van der Waals surface area contributed by atoms with E-state index >= 15 is 0 Å². The second-order valence-corrected chi connectivity index (χ2v) is 22.0. The summed E-state index contributed by atoms with van der Waals surface area (Å²) in [5.41, 5.74) is 3.87. The summed E-state index contributed by atoms with van der Waals surface area (Å²) in [7, 11) is 0. The quantitative estimate of drug-likeness (QED) is 0.0242. The number of benzene rings is 2. The van der Waals surface area contributed by atoms with Crippen molar-refractivity contribution in [3.05, 3.63) is 59.7 Å². The summed E-state index contributed by atoms with van der Waals surface area (Å²) in [6.45, 7) is 7.16. The molecule has 3 rings (SSSR count). The highest BCUT2D eigenvalue weighted by Crippen LogP contribution is 2.44. The number of hydrogen-bond donors (Lipinski definition) is 7. The molecule has 0 spiro atoms. The van der Waals surface area contributed by atoms with Crippen molar-refractivity contribution in [1.29, 1.82) is 0 Å². The molecule has 2 atom stereocenters. The zero-order valence-electron chi connectivity index (χ0n) is 49.7. The van der Waals surface area contributed by atoms with Gasteiger partial charge in [-0.05, 0) is 81.5 Å². The van der Waals surface area contributed by atoms with Crippen molar-refractivity contribution in [2.45, 2.75) is 192 Å². The van der Waals surface area contributed by atoms with Gasteiger partial charge in [0.25, 0.3) is 0 Å². The predicted molar refractivity (Wildman–Crippen MR) is 314 cm³/mol. The smallest absolute Gasteiger partial charge is 0.407 e. The number of ether oxygens (including phenoxy) is 6. The van der Waals surface area contributed by atoms with Gasteiger partial charge in [-0.3, -0.25) is 24.0 Å². The molecule has 0 radical (unpaired) electrons. The molecule has 0 aromatic heterocycles. The Bertz CT molecular complexity index is 2180. The third kappa shape index (κ3) is 34.3. The molecule has 466 valence electrons. The lowest BCUT2D eigenvalue weighted by atomic mass is 9.98. The standard InChI is InChI=1S/C62H97N5O16/c1-62(2,3)83-58(72)32-19-17-15-13-11-9-7-5-4-6-8-10-12-14-16-18-31-55(69)66-53(60(75)76)33-34-54(68)64-36-38-78-40-43-81-46-57(71)65-37-39-79-41-42-80-45-56(70)63-35-25-24-30-52(59(73)74)67-61(77)82-44-51-49-28-22-20-26-47(49)48-27-21-23-29-50(48)51/h20-23,26-29,51-53H,4-19,24-25,30-46H2,1-3H3,(H,63,70)(H,64,68)(H,65,71)(H,66,69)(H,67,77)(H,73,74)(H,75,76)/t52-,53-/m0/s1. The van der Waals surface area contributed by atoms with Crippen LogP contribution in [0.3, 0.4) is 0 Å². The molecule has 83 heavy (non-hydrogen) atoms. The molecule has 7 N–H and O–H groups in total. The van der Waals surface area contributed by atoms with Crippen LogP contribution in [0.1, 0.15) is 185 Å². The van der Waals surface area contributed by atoms with E-state index in [-0.39, 0.29) is 134 Å². The largest absolute Gasteiger partial charge is 0.480 e. The van der Waals surface area contributed by atoms with Crippen molar-refractivity contribution >= 4 is 47.6 Å². The number of aliphatic carboxylic acids is 2. The number of carbonyl (C=O) groups is 8. The highest BCUT2D eigenvalue weighted by atomic mass is 16.6. The summed E-state index contributed by atoms with van der Waals surface area (Å²) in [5, 5.41) is 32.3. The van der Waals surface area contributed by atoms with Gasteiger partial charge in [0.15, 0.2) is 0 Å². The van der Waals surface area contributed by atoms with Crippen molar-refractivity contribution in [2.75, 3.05) is 79.1 Å².